The average molecular weight is 268 g/mol. The Balaban J connectivity index is 1.79. The van der Waals surface area contributed by atoms with Crippen LogP contribution in [0.5, 0.6) is 0 Å². The minimum absolute atomic E-state index is 0.265. The van der Waals surface area contributed by atoms with Crippen molar-refractivity contribution in [3.63, 3.8) is 0 Å². The van der Waals surface area contributed by atoms with Crippen molar-refractivity contribution >= 4 is 22.4 Å². The van der Waals surface area contributed by atoms with Crippen LogP contribution in [-0.2, 0) is 6.42 Å². The molecular formula is C15H16N4O. The van der Waals surface area contributed by atoms with E-state index in [0.29, 0.717) is 16.7 Å². The molecule has 2 aromatic carbocycles. The van der Waals surface area contributed by atoms with Gasteiger partial charge in [0.2, 0.25) is 0 Å². The van der Waals surface area contributed by atoms with Crippen LogP contribution in [0.25, 0.3) is 11.0 Å². The highest BCUT2D eigenvalue weighted by Gasteiger charge is 2.12. The maximum atomic E-state index is 5.83. The second-order valence-electron chi connectivity index (χ2n) is 4.90. The molecule has 5 nitrogen and oxygen atoms in total. The number of aromatic nitrogens is 2. The molecule has 0 spiro atoms. The van der Waals surface area contributed by atoms with Gasteiger partial charge in [0.15, 0.2) is 11.0 Å². The number of nitrogens with two attached hydrogens (primary N) is 1. The minimum Gasteiger partial charge on any atom is -0.397 e. The zero-order chi connectivity index (χ0) is 13.9. The third-order valence-electron chi connectivity index (χ3n) is 3.23. The highest BCUT2D eigenvalue weighted by atomic mass is 16.6. The second kappa shape index (κ2) is 5.21. The van der Waals surface area contributed by atoms with E-state index in [4.69, 9.17) is 10.4 Å². The summed E-state index contributed by atoms with van der Waals surface area (Å²) in [5.41, 5.74) is 9.85. The van der Waals surface area contributed by atoms with Crippen molar-refractivity contribution in [3.8, 4) is 0 Å². The zero-order valence-electron chi connectivity index (χ0n) is 11.2. The zero-order valence-corrected chi connectivity index (χ0v) is 11.2. The van der Waals surface area contributed by atoms with Gasteiger partial charge in [-0.3, -0.25) is 0 Å². The monoisotopic (exact) mass is 268 g/mol. The van der Waals surface area contributed by atoms with Crippen molar-refractivity contribution in [3.05, 3.63) is 48.0 Å². The largest absolute Gasteiger partial charge is 0.397 e. The van der Waals surface area contributed by atoms with Crippen molar-refractivity contribution in [1.29, 1.82) is 0 Å². The van der Waals surface area contributed by atoms with Crippen LogP contribution in [0.2, 0.25) is 0 Å². The smallest absolute Gasteiger partial charge is 0.160 e. The van der Waals surface area contributed by atoms with Gasteiger partial charge in [-0.2, -0.15) is 0 Å². The van der Waals surface area contributed by atoms with Gasteiger partial charge in [-0.1, -0.05) is 30.3 Å². The maximum absolute atomic E-state index is 5.83. The van der Waals surface area contributed by atoms with Crippen LogP contribution in [0, 0.1) is 0 Å². The summed E-state index contributed by atoms with van der Waals surface area (Å²) in [6, 6.07) is 14.3. The molecule has 3 aromatic rings. The Bertz CT molecular complexity index is 708. The first-order chi connectivity index (χ1) is 9.74. The number of fused-ring (bicyclic) bond motifs is 1. The van der Waals surface area contributed by atoms with Gasteiger partial charge in [-0.05, 0) is 41.4 Å². The lowest BCUT2D eigenvalue weighted by Crippen LogP contribution is -2.18. The summed E-state index contributed by atoms with van der Waals surface area (Å²) >= 11 is 0. The Morgan fingerprint density at radius 3 is 2.65 bits per heavy atom. The molecule has 1 atom stereocenters. The van der Waals surface area contributed by atoms with Crippen molar-refractivity contribution in [2.45, 2.75) is 19.4 Å². The fraction of sp³-hybridized carbons (Fsp3) is 0.200. The quantitative estimate of drug-likeness (QED) is 0.711. The van der Waals surface area contributed by atoms with Crippen LogP contribution in [0.4, 0.5) is 11.4 Å². The Kier molecular flexibility index (Phi) is 3.25. The number of anilines is 2. The first-order valence-corrected chi connectivity index (χ1v) is 6.55. The van der Waals surface area contributed by atoms with E-state index in [1.807, 2.05) is 30.3 Å². The summed E-state index contributed by atoms with van der Waals surface area (Å²) in [7, 11) is 0. The molecule has 0 amide bonds. The van der Waals surface area contributed by atoms with Crippen LogP contribution < -0.4 is 11.1 Å². The molecule has 0 fully saturated rings. The first kappa shape index (κ1) is 12.5. The van der Waals surface area contributed by atoms with E-state index in [2.05, 4.69) is 34.7 Å². The van der Waals surface area contributed by atoms with Crippen molar-refractivity contribution in [2.75, 3.05) is 11.1 Å². The molecule has 0 aliphatic rings. The molecular weight excluding hydrogens is 252 g/mol. The van der Waals surface area contributed by atoms with E-state index in [0.717, 1.165) is 12.1 Å². The normalized spacial score (nSPS) is 12.4. The number of hydrogen-bond donors (Lipinski definition) is 2. The molecule has 0 saturated heterocycles. The Morgan fingerprint density at radius 2 is 1.85 bits per heavy atom. The Hall–Kier alpha value is -2.56. The van der Waals surface area contributed by atoms with Crippen LogP contribution in [-0.4, -0.2) is 16.4 Å². The Labute approximate surface area is 116 Å². The summed E-state index contributed by atoms with van der Waals surface area (Å²) in [5, 5.41) is 11.2. The molecule has 3 N–H and O–H groups in total. The number of nitrogens with one attached hydrogen (secondary N) is 1. The number of nitrogens with zero attached hydrogens (tertiary/aromatic N) is 2. The molecule has 1 aromatic heterocycles. The predicted octanol–water partition coefficient (Wildman–Crippen LogP) is 2.85. The van der Waals surface area contributed by atoms with Gasteiger partial charge in [0.25, 0.3) is 0 Å². The van der Waals surface area contributed by atoms with Crippen molar-refractivity contribution in [2.24, 2.45) is 0 Å². The van der Waals surface area contributed by atoms with Crippen LogP contribution >= 0.6 is 0 Å². The van der Waals surface area contributed by atoms with E-state index >= 15 is 0 Å². The molecule has 0 saturated carbocycles. The number of benzene rings is 2. The van der Waals surface area contributed by atoms with E-state index in [-0.39, 0.29) is 6.04 Å². The van der Waals surface area contributed by atoms with Gasteiger partial charge in [0.1, 0.15) is 0 Å². The highest BCUT2D eigenvalue weighted by Crippen LogP contribution is 2.25. The minimum atomic E-state index is 0.265. The summed E-state index contributed by atoms with van der Waals surface area (Å²) in [5.74, 6) is 0. The highest BCUT2D eigenvalue weighted by molar-refractivity contribution is 5.95. The van der Waals surface area contributed by atoms with E-state index in [1.54, 1.807) is 0 Å². The lowest BCUT2D eigenvalue weighted by atomic mass is 10.1. The average Bonchev–Trinajstić information content (AvgIpc) is 2.93. The van der Waals surface area contributed by atoms with Crippen molar-refractivity contribution in [1.82, 2.24) is 10.3 Å². The van der Waals surface area contributed by atoms with Crippen LogP contribution in [0.3, 0.4) is 0 Å². The standard InChI is InChI=1S/C15H16N4O/c1-10(9-11-5-3-2-4-6-11)17-13-8-7-12(16)14-15(13)19-20-18-14/h2-8,10,17H,9,16H2,1H3. The van der Waals surface area contributed by atoms with Crippen LogP contribution in [0.15, 0.2) is 47.1 Å². The maximum Gasteiger partial charge on any atom is 0.160 e. The van der Waals surface area contributed by atoms with E-state index in [1.165, 1.54) is 5.56 Å². The van der Waals surface area contributed by atoms with Crippen LogP contribution in [0.1, 0.15) is 12.5 Å². The fourth-order valence-electron chi connectivity index (χ4n) is 2.29. The van der Waals surface area contributed by atoms with Gasteiger partial charge in [0.05, 0.1) is 11.4 Å². The summed E-state index contributed by atoms with van der Waals surface area (Å²) < 4.78 is 4.77. The molecule has 20 heavy (non-hydrogen) atoms. The number of hydrogen-bond acceptors (Lipinski definition) is 5. The fourth-order valence-corrected chi connectivity index (χ4v) is 2.29. The molecule has 3 rings (SSSR count). The van der Waals surface area contributed by atoms with E-state index < -0.39 is 0 Å². The van der Waals surface area contributed by atoms with Crippen molar-refractivity contribution < 1.29 is 4.63 Å². The van der Waals surface area contributed by atoms with Gasteiger partial charge in [0, 0.05) is 6.04 Å². The SMILES string of the molecule is CC(Cc1ccccc1)Nc1ccc(N)c2nonc12. The molecule has 5 heteroatoms. The summed E-state index contributed by atoms with van der Waals surface area (Å²) in [6.07, 6.45) is 0.929. The molecule has 0 bridgehead atoms. The predicted molar refractivity (Wildman–Crippen MR) is 79.4 cm³/mol. The lowest BCUT2D eigenvalue weighted by molar-refractivity contribution is 0.315. The van der Waals surface area contributed by atoms with Gasteiger partial charge >= 0.3 is 0 Å². The topological polar surface area (TPSA) is 77.0 Å². The van der Waals surface area contributed by atoms with Gasteiger partial charge < -0.3 is 11.1 Å². The molecule has 0 aliphatic carbocycles. The van der Waals surface area contributed by atoms with Gasteiger partial charge in [-0.25, -0.2) is 4.63 Å². The first-order valence-electron chi connectivity index (χ1n) is 6.55. The lowest BCUT2D eigenvalue weighted by Gasteiger charge is -2.15. The Morgan fingerprint density at radius 1 is 1.10 bits per heavy atom. The van der Waals surface area contributed by atoms with Gasteiger partial charge in [-0.15, -0.1) is 0 Å². The van der Waals surface area contributed by atoms with E-state index in [9.17, 15) is 0 Å². The number of rotatable bonds is 4. The molecule has 1 heterocycles. The molecule has 102 valence electrons. The summed E-state index contributed by atoms with van der Waals surface area (Å²) in [4.78, 5) is 0. The third kappa shape index (κ3) is 2.42. The number of nitrogen functional groups attached to an aromatic ring is 1. The third-order valence-corrected chi connectivity index (χ3v) is 3.23. The molecule has 0 radical (unpaired) electrons. The second-order valence-corrected chi connectivity index (χ2v) is 4.90. The molecule has 1 unspecified atom stereocenters. The summed E-state index contributed by atoms with van der Waals surface area (Å²) in [6.45, 7) is 2.13. The molecule has 0 aliphatic heterocycles.